The van der Waals surface area contributed by atoms with Crippen LogP contribution in [0.1, 0.15) is 20.3 Å². The Kier molecular flexibility index (Phi) is 4.33. The number of rotatable bonds is 5. The van der Waals surface area contributed by atoms with Crippen LogP contribution < -0.4 is 22.3 Å². The van der Waals surface area contributed by atoms with Crippen LogP contribution >= 0.6 is 0 Å². The number of aromatic nitrogens is 2. The van der Waals surface area contributed by atoms with Crippen LogP contribution in [0.4, 0.5) is 11.5 Å². The van der Waals surface area contributed by atoms with E-state index in [-0.39, 0.29) is 24.2 Å². The largest absolute Gasteiger partial charge is 0.396 e. The van der Waals surface area contributed by atoms with Gasteiger partial charge in [0.05, 0.1) is 0 Å². The van der Waals surface area contributed by atoms with Crippen molar-refractivity contribution in [1.82, 2.24) is 9.55 Å². The fraction of sp³-hybridized carbons (Fsp3) is 0.600. The summed E-state index contributed by atoms with van der Waals surface area (Å²) < 4.78 is 1.27. The zero-order chi connectivity index (χ0) is 13.0. The van der Waals surface area contributed by atoms with Crippen LogP contribution in [0.3, 0.4) is 0 Å². The minimum absolute atomic E-state index is 0.0133. The van der Waals surface area contributed by atoms with Crippen LogP contribution in [0.25, 0.3) is 0 Å². The number of nitrogen functional groups attached to an aromatic ring is 1. The Morgan fingerprint density at radius 3 is 2.71 bits per heavy atom. The third-order valence-electron chi connectivity index (χ3n) is 2.51. The van der Waals surface area contributed by atoms with E-state index in [9.17, 15) is 9.59 Å². The van der Waals surface area contributed by atoms with E-state index in [2.05, 4.69) is 10.3 Å². The molecule has 1 heterocycles. The first-order valence-electron chi connectivity index (χ1n) is 5.51. The van der Waals surface area contributed by atoms with Crippen molar-refractivity contribution in [3.05, 3.63) is 20.8 Å². The Morgan fingerprint density at radius 2 is 2.18 bits per heavy atom. The zero-order valence-corrected chi connectivity index (χ0v) is 9.99. The molecule has 1 rings (SSSR count). The van der Waals surface area contributed by atoms with Crippen LogP contribution in [-0.4, -0.2) is 27.3 Å². The fourth-order valence-electron chi connectivity index (χ4n) is 1.55. The molecule has 7 nitrogen and oxygen atoms in total. The first-order chi connectivity index (χ1) is 8.01. The highest BCUT2D eigenvalue weighted by atomic mass is 16.3. The van der Waals surface area contributed by atoms with Gasteiger partial charge < -0.3 is 16.2 Å². The van der Waals surface area contributed by atoms with Gasteiger partial charge in [-0.1, -0.05) is 0 Å². The number of aliphatic hydroxyl groups excluding tert-OH is 1. The van der Waals surface area contributed by atoms with E-state index < -0.39 is 11.2 Å². The Labute approximate surface area is 98.3 Å². The summed E-state index contributed by atoms with van der Waals surface area (Å²) in [4.78, 5) is 25.2. The highest BCUT2D eigenvalue weighted by Crippen LogP contribution is 2.11. The van der Waals surface area contributed by atoms with E-state index in [4.69, 9.17) is 10.8 Å². The second kappa shape index (κ2) is 5.53. The molecule has 1 aromatic rings. The average Bonchev–Trinajstić information content (AvgIpc) is 2.25. The number of aliphatic hydroxyl groups is 1. The summed E-state index contributed by atoms with van der Waals surface area (Å²) in [6.07, 6.45) is 0.490. The molecule has 96 valence electrons. The number of nitrogens with two attached hydrogens (primary N) is 1. The molecule has 0 spiro atoms. The monoisotopic (exact) mass is 242 g/mol. The van der Waals surface area contributed by atoms with E-state index >= 15 is 0 Å². The van der Waals surface area contributed by atoms with Gasteiger partial charge in [0.1, 0.15) is 11.5 Å². The summed E-state index contributed by atoms with van der Waals surface area (Å²) >= 11 is 0. The lowest BCUT2D eigenvalue weighted by Gasteiger charge is -2.16. The van der Waals surface area contributed by atoms with E-state index in [0.717, 1.165) is 0 Å². The van der Waals surface area contributed by atoms with Gasteiger partial charge in [-0.05, 0) is 20.3 Å². The Morgan fingerprint density at radius 1 is 1.53 bits per heavy atom. The number of anilines is 2. The molecular formula is C10H18N4O3. The van der Waals surface area contributed by atoms with Gasteiger partial charge in [0.25, 0.3) is 5.56 Å². The number of aromatic amines is 1. The summed E-state index contributed by atoms with van der Waals surface area (Å²) in [5.74, 6) is 0.117. The third kappa shape index (κ3) is 2.88. The number of hydrogen-bond donors (Lipinski definition) is 4. The van der Waals surface area contributed by atoms with Gasteiger partial charge in [0.15, 0.2) is 0 Å². The Hall–Kier alpha value is -1.76. The topological polar surface area (TPSA) is 113 Å². The molecule has 1 aromatic heterocycles. The predicted molar refractivity (Wildman–Crippen MR) is 66.2 cm³/mol. The van der Waals surface area contributed by atoms with Crippen molar-refractivity contribution in [3.63, 3.8) is 0 Å². The molecule has 0 saturated heterocycles. The minimum Gasteiger partial charge on any atom is -0.396 e. The maximum Gasteiger partial charge on any atom is 0.330 e. The third-order valence-corrected chi connectivity index (χ3v) is 2.51. The summed E-state index contributed by atoms with van der Waals surface area (Å²) in [6.45, 7) is 3.97. The standard InChI is InChI=1S/C10H18N4O3/c1-3-14-8(11)7(9(16)13-10(14)17)12-6(2)4-5-15/h6,12,15H,3-5,11H2,1-2H3,(H,13,16,17). The van der Waals surface area contributed by atoms with Crippen molar-refractivity contribution in [1.29, 1.82) is 0 Å². The van der Waals surface area contributed by atoms with Gasteiger partial charge in [-0.25, -0.2) is 4.79 Å². The molecule has 1 atom stereocenters. The molecule has 0 aliphatic heterocycles. The Bertz CT molecular complexity index is 491. The molecule has 7 heteroatoms. The van der Waals surface area contributed by atoms with Gasteiger partial charge in [-0.2, -0.15) is 0 Å². The number of nitrogens with zero attached hydrogens (tertiary/aromatic N) is 1. The molecule has 17 heavy (non-hydrogen) atoms. The highest BCUT2D eigenvalue weighted by Gasteiger charge is 2.13. The van der Waals surface area contributed by atoms with Crippen molar-refractivity contribution in [3.8, 4) is 0 Å². The van der Waals surface area contributed by atoms with Crippen molar-refractivity contribution in [2.24, 2.45) is 0 Å². The molecule has 0 amide bonds. The van der Waals surface area contributed by atoms with Crippen molar-refractivity contribution in [2.75, 3.05) is 17.7 Å². The van der Waals surface area contributed by atoms with Gasteiger partial charge in [-0.15, -0.1) is 0 Å². The van der Waals surface area contributed by atoms with Gasteiger partial charge in [-0.3, -0.25) is 14.3 Å². The second-order valence-corrected chi connectivity index (χ2v) is 3.82. The maximum atomic E-state index is 11.6. The zero-order valence-electron chi connectivity index (χ0n) is 9.99. The average molecular weight is 242 g/mol. The summed E-state index contributed by atoms with van der Waals surface area (Å²) in [7, 11) is 0. The first kappa shape index (κ1) is 13.3. The molecule has 0 bridgehead atoms. The lowest BCUT2D eigenvalue weighted by molar-refractivity contribution is 0.282. The number of nitrogens with one attached hydrogen (secondary N) is 2. The Balaban J connectivity index is 3.16. The molecule has 0 radical (unpaired) electrons. The van der Waals surface area contributed by atoms with Crippen LogP contribution in [0.2, 0.25) is 0 Å². The smallest absolute Gasteiger partial charge is 0.330 e. The van der Waals surface area contributed by atoms with Gasteiger partial charge >= 0.3 is 5.69 Å². The highest BCUT2D eigenvalue weighted by molar-refractivity contribution is 5.60. The van der Waals surface area contributed by atoms with Crippen molar-refractivity contribution < 1.29 is 5.11 Å². The van der Waals surface area contributed by atoms with Crippen LogP contribution in [0.15, 0.2) is 9.59 Å². The van der Waals surface area contributed by atoms with E-state index in [1.54, 1.807) is 6.92 Å². The molecule has 0 aliphatic rings. The van der Waals surface area contributed by atoms with E-state index in [1.807, 2.05) is 6.92 Å². The lowest BCUT2D eigenvalue weighted by atomic mass is 10.2. The van der Waals surface area contributed by atoms with Crippen LogP contribution in [-0.2, 0) is 6.54 Å². The molecule has 0 saturated carbocycles. The molecular weight excluding hydrogens is 224 g/mol. The van der Waals surface area contributed by atoms with Crippen LogP contribution in [0, 0.1) is 0 Å². The minimum atomic E-state index is -0.540. The van der Waals surface area contributed by atoms with E-state index in [1.165, 1.54) is 4.57 Å². The number of H-pyrrole nitrogens is 1. The van der Waals surface area contributed by atoms with Gasteiger partial charge in [0, 0.05) is 19.2 Å². The number of hydrogen-bond acceptors (Lipinski definition) is 5. The molecule has 0 aliphatic carbocycles. The van der Waals surface area contributed by atoms with Gasteiger partial charge in [0.2, 0.25) is 0 Å². The molecule has 1 unspecified atom stereocenters. The summed E-state index contributed by atoms with van der Waals surface area (Å²) in [5.41, 5.74) is 4.87. The first-order valence-corrected chi connectivity index (χ1v) is 5.51. The fourth-order valence-corrected chi connectivity index (χ4v) is 1.55. The molecule has 0 aromatic carbocycles. The summed E-state index contributed by atoms with van der Waals surface area (Å²) in [5, 5.41) is 11.7. The summed E-state index contributed by atoms with van der Waals surface area (Å²) in [6, 6.07) is -0.105. The maximum absolute atomic E-state index is 11.6. The quantitative estimate of drug-likeness (QED) is 0.546. The normalized spacial score (nSPS) is 12.4. The predicted octanol–water partition coefficient (Wildman–Crippen LogP) is -0.678. The SMILES string of the molecule is CCn1c(N)c(NC(C)CCO)c(=O)[nH]c1=O. The van der Waals surface area contributed by atoms with Crippen LogP contribution in [0.5, 0.6) is 0 Å². The van der Waals surface area contributed by atoms with Crippen molar-refractivity contribution >= 4 is 11.5 Å². The molecule has 0 fully saturated rings. The lowest BCUT2D eigenvalue weighted by Crippen LogP contribution is -2.35. The van der Waals surface area contributed by atoms with Crippen molar-refractivity contribution in [2.45, 2.75) is 32.9 Å². The molecule has 5 N–H and O–H groups in total. The second-order valence-electron chi connectivity index (χ2n) is 3.82. The van der Waals surface area contributed by atoms with E-state index in [0.29, 0.717) is 13.0 Å².